The zero-order valence-electron chi connectivity index (χ0n) is 14.6. The second-order valence-electron chi connectivity index (χ2n) is 6.93. The highest BCUT2D eigenvalue weighted by Crippen LogP contribution is 2.47. The van der Waals surface area contributed by atoms with E-state index < -0.39 is 0 Å². The van der Waals surface area contributed by atoms with Gasteiger partial charge < -0.3 is 4.90 Å². The first-order chi connectivity index (χ1) is 11.8. The van der Waals surface area contributed by atoms with Gasteiger partial charge in [0.1, 0.15) is 0 Å². The summed E-state index contributed by atoms with van der Waals surface area (Å²) >= 11 is 5.96. The number of halogens is 1. The maximum Gasteiger partial charge on any atom is 0.214 e. The second kappa shape index (κ2) is 6.52. The number of nitrogens with zero attached hydrogens (tertiary/aromatic N) is 2. The third-order valence-corrected chi connectivity index (χ3v) is 5.20. The van der Waals surface area contributed by atoms with Gasteiger partial charge in [-0.25, -0.2) is 0 Å². The van der Waals surface area contributed by atoms with Crippen LogP contribution in [0.15, 0.2) is 60.3 Å². The fourth-order valence-electron chi connectivity index (χ4n) is 3.62. The molecule has 0 fully saturated rings. The van der Waals surface area contributed by atoms with Crippen molar-refractivity contribution >= 4 is 17.3 Å². The lowest BCUT2D eigenvalue weighted by molar-refractivity contribution is -0.481. The Labute approximate surface area is 152 Å². The molecule has 0 aliphatic carbocycles. The van der Waals surface area contributed by atoms with Crippen LogP contribution in [-0.4, -0.2) is 18.5 Å². The molecule has 1 atom stereocenters. The Kier molecular flexibility index (Phi) is 4.56. The second-order valence-corrected chi connectivity index (χ2v) is 7.36. The number of anilines is 1. The van der Waals surface area contributed by atoms with E-state index >= 15 is 0 Å². The van der Waals surface area contributed by atoms with Crippen molar-refractivity contribution in [1.82, 2.24) is 0 Å². The lowest BCUT2D eigenvalue weighted by Crippen LogP contribution is -2.25. The molecule has 0 saturated carbocycles. The summed E-state index contributed by atoms with van der Waals surface area (Å²) in [6.07, 6.45) is 2.03. The molecule has 0 amide bonds. The van der Waals surface area contributed by atoms with Crippen LogP contribution in [0, 0.1) is 10.1 Å². The maximum atomic E-state index is 11.2. The summed E-state index contributed by atoms with van der Waals surface area (Å²) in [6.45, 7) is 4.17. The molecule has 1 unspecified atom stereocenters. The molecule has 1 aliphatic rings. The summed E-state index contributed by atoms with van der Waals surface area (Å²) < 4.78 is 0. The molecule has 0 saturated heterocycles. The highest BCUT2D eigenvalue weighted by molar-refractivity contribution is 6.30. The van der Waals surface area contributed by atoms with Crippen LogP contribution >= 0.6 is 11.6 Å². The summed E-state index contributed by atoms with van der Waals surface area (Å²) in [7, 11) is 2.02. The van der Waals surface area contributed by atoms with Gasteiger partial charge in [0, 0.05) is 33.8 Å². The normalized spacial score (nSPS) is 18.2. The van der Waals surface area contributed by atoms with E-state index in [4.69, 9.17) is 11.6 Å². The minimum absolute atomic E-state index is 0.147. The average Bonchev–Trinajstić information content (AvgIpc) is 2.76. The Hall–Kier alpha value is -2.33. The molecule has 4 nitrogen and oxygen atoms in total. The molecule has 0 bridgehead atoms. The first-order valence-electron chi connectivity index (χ1n) is 8.23. The van der Waals surface area contributed by atoms with Crippen molar-refractivity contribution in [3.63, 3.8) is 0 Å². The van der Waals surface area contributed by atoms with Gasteiger partial charge in [-0.15, -0.1) is 0 Å². The van der Waals surface area contributed by atoms with Gasteiger partial charge in [0.05, 0.1) is 5.92 Å². The Morgan fingerprint density at radius 2 is 1.84 bits per heavy atom. The maximum absolute atomic E-state index is 11.2. The number of allylic oxidation sites excluding steroid dienone is 1. The number of para-hydroxylation sites is 1. The fourth-order valence-corrected chi connectivity index (χ4v) is 3.74. The van der Waals surface area contributed by atoms with Gasteiger partial charge >= 0.3 is 0 Å². The summed E-state index contributed by atoms with van der Waals surface area (Å²) in [5.74, 6) is -0.307. The summed E-state index contributed by atoms with van der Waals surface area (Å²) in [5.41, 5.74) is 4.16. The smallest absolute Gasteiger partial charge is 0.214 e. The van der Waals surface area contributed by atoms with Crippen LogP contribution in [0.4, 0.5) is 5.69 Å². The largest absolute Gasteiger partial charge is 0.347 e. The molecule has 2 aromatic rings. The van der Waals surface area contributed by atoms with Gasteiger partial charge in [-0.1, -0.05) is 61.9 Å². The molecule has 130 valence electrons. The molecule has 2 aromatic carbocycles. The predicted octanol–water partition coefficient (Wildman–Crippen LogP) is 5.01. The van der Waals surface area contributed by atoms with E-state index in [2.05, 4.69) is 30.9 Å². The highest BCUT2D eigenvalue weighted by atomic mass is 35.5. The van der Waals surface area contributed by atoms with Crippen molar-refractivity contribution in [3.05, 3.63) is 86.6 Å². The summed E-state index contributed by atoms with van der Waals surface area (Å²) in [4.78, 5) is 13.1. The molecule has 1 aliphatic heterocycles. The van der Waals surface area contributed by atoms with Crippen molar-refractivity contribution < 1.29 is 4.92 Å². The summed E-state index contributed by atoms with van der Waals surface area (Å²) in [6, 6.07) is 15.5. The van der Waals surface area contributed by atoms with E-state index in [0.29, 0.717) is 5.02 Å². The van der Waals surface area contributed by atoms with E-state index in [1.807, 2.05) is 37.4 Å². The lowest BCUT2D eigenvalue weighted by Gasteiger charge is -2.26. The van der Waals surface area contributed by atoms with Crippen molar-refractivity contribution in [2.24, 2.45) is 0 Å². The zero-order chi connectivity index (χ0) is 18.2. The predicted molar refractivity (Wildman–Crippen MR) is 102 cm³/mol. The number of hydrogen-bond acceptors (Lipinski definition) is 3. The average molecular weight is 357 g/mol. The number of nitro groups is 1. The van der Waals surface area contributed by atoms with Crippen molar-refractivity contribution in [3.8, 4) is 0 Å². The Bertz CT molecular complexity index is 828. The molecule has 3 rings (SSSR count). The van der Waals surface area contributed by atoms with Crippen molar-refractivity contribution in [2.45, 2.75) is 25.2 Å². The minimum atomic E-state index is -0.307. The first kappa shape index (κ1) is 17.5. The molecular weight excluding hydrogens is 336 g/mol. The topological polar surface area (TPSA) is 46.4 Å². The summed E-state index contributed by atoms with van der Waals surface area (Å²) in [5, 5.41) is 11.8. The molecular formula is C20H21ClN2O2. The van der Waals surface area contributed by atoms with E-state index in [-0.39, 0.29) is 22.8 Å². The monoisotopic (exact) mass is 356 g/mol. The quantitative estimate of drug-likeness (QED) is 0.571. The van der Waals surface area contributed by atoms with Gasteiger partial charge in [-0.3, -0.25) is 10.1 Å². The van der Waals surface area contributed by atoms with Gasteiger partial charge in [0.15, 0.2) is 0 Å². The van der Waals surface area contributed by atoms with Crippen LogP contribution in [0.3, 0.4) is 0 Å². The third kappa shape index (κ3) is 3.27. The SMILES string of the molecule is CN1C(=CC(C[N+](=O)[O-])c2ccc(Cl)cc2)C(C)(C)c2ccccc21. The first-order valence-corrected chi connectivity index (χ1v) is 8.61. The number of benzene rings is 2. The molecule has 0 spiro atoms. The fraction of sp³-hybridized carbons (Fsp3) is 0.300. The van der Waals surface area contributed by atoms with Crippen LogP contribution in [0.25, 0.3) is 0 Å². The van der Waals surface area contributed by atoms with Crippen molar-refractivity contribution in [2.75, 3.05) is 18.5 Å². The van der Waals surface area contributed by atoms with E-state index in [9.17, 15) is 10.1 Å². The Balaban J connectivity index is 2.06. The van der Waals surface area contributed by atoms with Gasteiger partial charge in [-0.05, 0) is 29.3 Å². The van der Waals surface area contributed by atoms with Gasteiger partial charge in [0.2, 0.25) is 6.54 Å². The molecule has 0 radical (unpaired) electrons. The number of hydrogen-bond donors (Lipinski definition) is 0. The van der Waals surface area contributed by atoms with Crippen LogP contribution in [0.2, 0.25) is 5.02 Å². The van der Waals surface area contributed by atoms with Crippen molar-refractivity contribution in [1.29, 1.82) is 0 Å². The van der Waals surface area contributed by atoms with Crippen LogP contribution in [0.5, 0.6) is 0 Å². The van der Waals surface area contributed by atoms with E-state index in [1.165, 1.54) is 5.56 Å². The number of fused-ring (bicyclic) bond motifs is 1. The molecule has 1 heterocycles. The van der Waals surface area contributed by atoms with E-state index in [1.54, 1.807) is 12.1 Å². The van der Waals surface area contributed by atoms with E-state index in [0.717, 1.165) is 16.9 Å². The Morgan fingerprint density at radius 1 is 1.20 bits per heavy atom. The number of likely N-dealkylation sites (N-methyl/N-ethyl adjacent to an activating group) is 1. The molecule has 25 heavy (non-hydrogen) atoms. The molecule has 5 heteroatoms. The lowest BCUT2D eigenvalue weighted by atomic mass is 9.82. The van der Waals surface area contributed by atoms with Crippen LogP contribution in [0.1, 0.15) is 30.9 Å². The minimum Gasteiger partial charge on any atom is -0.347 e. The van der Waals surface area contributed by atoms with Gasteiger partial charge in [-0.2, -0.15) is 0 Å². The van der Waals surface area contributed by atoms with Gasteiger partial charge in [0.25, 0.3) is 0 Å². The molecule has 0 aromatic heterocycles. The van der Waals surface area contributed by atoms with Crippen LogP contribution in [-0.2, 0) is 5.41 Å². The highest BCUT2D eigenvalue weighted by Gasteiger charge is 2.38. The third-order valence-electron chi connectivity index (χ3n) is 4.94. The Morgan fingerprint density at radius 3 is 2.44 bits per heavy atom. The van der Waals surface area contributed by atoms with Crippen LogP contribution < -0.4 is 4.90 Å². The standard InChI is InChI=1S/C20H21ClN2O2/c1-20(2)17-6-4-5-7-18(17)22(3)19(20)12-15(13-23(24)25)14-8-10-16(21)11-9-14/h4-12,15H,13H2,1-3H3. The molecule has 0 N–H and O–H groups in total. The number of rotatable bonds is 4. The zero-order valence-corrected chi connectivity index (χ0v) is 15.3.